The average Bonchev–Trinajstić information content (AvgIpc) is 2.74. The van der Waals surface area contributed by atoms with Crippen molar-refractivity contribution in [2.75, 3.05) is 0 Å². The summed E-state index contributed by atoms with van der Waals surface area (Å²) in [6.45, 7) is 15.0. The molecule has 0 aliphatic heterocycles. The lowest BCUT2D eigenvalue weighted by molar-refractivity contribution is -0.149. The van der Waals surface area contributed by atoms with Crippen LogP contribution in [0.3, 0.4) is 0 Å². The van der Waals surface area contributed by atoms with E-state index in [4.69, 9.17) is 19.9 Å². The Kier molecular flexibility index (Phi) is 12.4. The highest BCUT2D eigenvalue weighted by molar-refractivity contribution is 5.78. The third-order valence-electron chi connectivity index (χ3n) is 5.56. The zero-order chi connectivity index (χ0) is 29.3. The van der Waals surface area contributed by atoms with Crippen LogP contribution in [0.2, 0.25) is 0 Å². The van der Waals surface area contributed by atoms with E-state index < -0.39 is 36.0 Å². The first-order chi connectivity index (χ1) is 17.4. The Hall–Kier alpha value is -2.94. The molecule has 0 bridgehead atoms. The van der Waals surface area contributed by atoms with Crippen LogP contribution in [-0.2, 0) is 23.9 Å². The first kappa shape index (κ1) is 33.1. The van der Waals surface area contributed by atoms with Gasteiger partial charge in [-0.1, -0.05) is 61.0 Å². The lowest BCUT2D eigenvalue weighted by atomic mass is 9.87. The van der Waals surface area contributed by atoms with Crippen molar-refractivity contribution in [2.45, 2.75) is 112 Å². The number of carbonyl (C=O) groups is 4. The predicted octanol–water partition coefficient (Wildman–Crippen LogP) is 5.38. The predicted molar refractivity (Wildman–Crippen MR) is 144 cm³/mol. The molecule has 0 heterocycles. The lowest BCUT2D eigenvalue weighted by Gasteiger charge is -2.26. The zero-order valence-electron chi connectivity index (χ0n) is 24.1. The molecule has 0 fully saturated rings. The number of aliphatic carboxylic acids is 1. The maximum atomic E-state index is 12.7. The number of unbranched alkanes of at least 4 members (excludes halogenated alkanes) is 1. The van der Waals surface area contributed by atoms with Crippen molar-refractivity contribution in [1.82, 2.24) is 0 Å². The maximum absolute atomic E-state index is 12.7. The van der Waals surface area contributed by atoms with E-state index in [0.29, 0.717) is 12.0 Å². The van der Waals surface area contributed by atoms with E-state index in [-0.39, 0.29) is 54.0 Å². The number of ether oxygens (including phenoxy) is 3. The van der Waals surface area contributed by atoms with E-state index in [9.17, 15) is 24.3 Å². The monoisotopic (exact) mass is 535 g/mol. The van der Waals surface area contributed by atoms with Gasteiger partial charge in [-0.15, -0.1) is 0 Å². The fraction of sp³-hybridized carbons (Fsp3) is 0.655. The maximum Gasteiger partial charge on any atom is 0.321 e. The summed E-state index contributed by atoms with van der Waals surface area (Å²) in [5, 5.41) is 9.66. The molecular weight excluding hydrogens is 490 g/mol. The standard InChI is InChI=1S/C29H45NO8/c1-9-10-11-23(31)36-18(2)14-20(26(30)27(34)35)19-12-13-21(37-24(32)16-28(3,4)5)22(15-19)38-25(33)17-29(6,7)8/h12-13,15,18,20,26H,9-11,14,16-17,30H2,1-8H3,(H,34,35)/t18?,20?,26-/m0/s1. The van der Waals surface area contributed by atoms with Gasteiger partial charge in [0.25, 0.3) is 0 Å². The van der Waals surface area contributed by atoms with Gasteiger partial charge in [0.2, 0.25) is 0 Å². The molecular formula is C29H45NO8. The summed E-state index contributed by atoms with van der Waals surface area (Å²) in [6.07, 6.45) is 1.59. The first-order valence-electron chi connectivity index (χ1n) is 13.1. The Bertz CT molecular complexity index is 974. The fourth-order valence-corrected chi connectivity index (χ4v) is 3.78. The van der Waals surface area contributed by atoms with E-state index >= 15 is 0 Å². The van der Waals surface area contributed by atoms with Crippen LogP contribution in [0, 0.1) is 10.8 Å². The van der Waals surface area contributed by atoms with Gasteiger partial charge in [-0.05, 0) is 48.3 Å². The molecule has 0 radical (unpaired) electrons. The summed E-state index contributed by atoms with van der Waals surface area (Å²) in [6, 6.07) is 3.20. The largest absolute Gasteiger partial charge is 0.480 e. The normalized spacial score (nSPS) is 14.2. The zero-order valence-corrected chi connectivity index (χ0v) is 24.1. The quantitative estimate of drug-likeness (QED) is 0.251. The molecule has 1 rings (SSSR count). The van der Waals surface area contributed by atoms with Crippen molar-refractivity contribution in [2.24, 2.45) is 16.6 Å². The smallest absolute Gasteiger partial charge is 0.321 e. The van der Waals surface area contributed by atoms with Gasteiger partial charge in [-0.25, -0.2) is 0 Å². The highest BCUT2D eigenvalue weighted by atomic mass is 16.6. The lowest BCUT2D eigenvalue weighted by Crippen LogP contribution is -2.38. The third-order valence-corrected chi connectivity index (χ3v) is 5.56. The number of rotatable bonds is 13. The number of esters is 3. The van der Waals surface area contributed by atoms with Crippen molar-refractivity contribution < 1.29 is 38.5 Å². The van der Waals surface area contributed by atoms with Crippen LogP contribution in [0.5, 0.6) is 11.5 Å². The Labute approximate surface area is 226 Å². The molecule has 0 amide bonds. The molecule has 2 unspecified atom stereocenters. The topological polar surface area (TPSA) is 142 Å². The molecule has 3 atom stereocenters. The molecule has 3 N–H and O–H groups in total. The number of hydrogen-bond acceptors (Lipinski definition) is 8. The molecule has 38 heavy (non-hydrogen) atoms. The van der Waals surface area contributed by atoms with Crippen LogP contribution in [0.25, 0.3) is 0 Å². The number of carboxylic acids is 1. The van der Waals surface area contributed by atoms with Crippen LogP contribution in [-0.4, -0.2) is 41.1 Å². The third kappa shape index (κ3) is 12.5. The van der Waals surface area contributed by atoms with E-state index in [1.54, 1.807) is 13.0 Å². The molecule has 0 aliphatic carbocycles. The van der Waals surface area contributed by atoms with Gasteiger partial charge in [0.1, 0.15) is 6.04 Å². The van der Waals surface area contributed by atoms with Gasteiger partial charge in [0.15, 0.2) is 11.5 Å². The second kappa shape index (κ2) is 14.3. The van der Waals surface area contributed by atoms with Crippen molar-refractivity contribution in [1.29, 1.82) is 0 Å². The first-order valence-corrected chi connectivity index (χ1v) is 13.1. The number of carboxylic acid groups (broad SMARTS) is 1. The molecule has 0 aliphatic rings. The number of carbonyl (C=O) groups excluding carboxylic acids is 3. The molecule has 1 aromatic rings. The highest BCUT2D eigenvalue weighted by Gasteiger charge is 2.30. The van der Waals surface area contributed by atoms with Crippen molar-refractivity contribution in [3.05, 3.63) is 23.8 Å². The van der Waals surface area contributed by atoms with E-state index in [0.717, 1.165) is 6.42 Å². The molecule has 214 valence electrons. The average molecular weight is 536 g/mol. The number of benzene rings is 1. The van der Waals surface area contributed by atoms with Crippen LogP contribution < -0.4 is 15.2 Å². The second-order valence-corrected chi connectivity index (χ2v) is 12.2. The Morgan fingerprint density at radius 3 is 1.89 bits per heavy atom. The Morgan fingerprint density at radius 1 is 0.895 bits per heavy atom. The second-order valence-electron chi connectivity index (χ2n) is 12.2. The molecule has 0 spiro atoms. The highest BCUT2D eigenvalue weighted by Crippen LogP contribution is 2.36. The van der Waals surface area contributed by atoms with Crippen LogP contribution in [0.4, 0.5) is 0 Å². The SMILES string of the molecule is CCCCC(=O)OC(C)CC(c1ccc(OC(=O)CC(C)(C)C)c(OC(=O)CC(C)(C)C)c1)[C@H](N)C(=O)O. The van der Waals surface area contributed by atoms with Crippen molar-refractivity contribution in [3.8, 4) is 11.5 Å². The van der Waals surface area contributed by atoms with Gasteiger partial charge in [-0.2, -0.15) is 0 Å². The summed E-state index contributed by atoms with van der Waals surface area (Å²) in [5.41, 5.74) is 5.83. The minimum absolute atomic E-state index is 0.00538. The Morgan fingerprint density at radius 2 is 1.42 bits per heavy atom. The summed E-state index contributed by atoms with van der Waals surface area (Å²) in [5.74, 6) is -3.35. The summed E-state index contributed by atoms with van der Waals surface area (Å²) in [4.78, 5) is 49.1. The van der Waals surface area contributed by atoms with Gasteiger partial charge in [0, 0.05) is 12.3 Å². The molecule has 0 saturated heterocycles. The molecule has 0 aromatic heterocycles. The van der Waals surface area contributed by atoms with E-state index in [1.807, 2.05) is 48.5 Å². The van der Waals surface area contributed by atoms with E-state index in [1.165, 1.54) is 12.1 Å². The van der Waals surface area contributed by atoms with E-state index in [2.05, 4.69) is 0 Å². The van der Waals surface area contributed by atoms with Gasteiger partial charge < -0.3 is 25.1 Å². The van der Waals surface area contributed by atoms with Crippen LogP contribution >= 0.6 is 0 Å². The minimum atomic E-state index is -1.32. The molecule has 9 nitrogen and oxygen atoms in total. The van der Waals surface area contributed by atoms with Crippen LogP contribution in [0.1, 0.15) is 105 Å². The minimum Gasteiger partial charge on any atom is -0.480 e. The molecule has 9 heteroatoms. The molecule has 1 aromatic carbocycles. The summed E-state index contributed by atoms with van der Waals surface area (Å²) >= 11 is 0. The summed E-state index contributed by atoms with van der Waals surface area (Å²) in [7, 11) is 0. The number of nitrogens with two attached hydrogens (primary N) is 1. The van der Waals surface area contributed by atoms with Crippen LogP contribution in [0.15, 0.2) is 18.2 Å². The number of hydrogen-bond donors (Lipinski definition) is 2. The summed E-state index contributed by atoms with van der Waals surface area (Å²) < 4.78 is 16.6. The Balaban J connectivity index is 3.36. The fourth-order valence-electron chi connectivity index (χ4n) is 3.78. The van der Waals surface area contributed by atoms with Gasteiger partial charge >= 0.3 is 23.9 Å². The van der Waals surface area contributed by atoms with Crippen molar-refractivity contribution in [3.63, 3.8) is 0 Å². The van der Waals surface area contributed by atoms with Gasteiger partial charge in [-0.3, -0.25) is 19.2 Å². The van der Waals surface area contributed by atoms with Gasteiger partial charge in [0.05, 0.1) is 18.9 Å². The molecule has 0 saturated carbocycles. The van der Waals surface area contributed by atoms with Crippen molar-refractivity contribution >= 4 is 23.9 Å².